The van der Waals surface area contributed by atoms with E-state index in [1.54, 1.807) is 24.3 Å². The molecule has 0 aliphatic rings. The molecule has 100 valence electrons. The van der Waals surface area contributed by atoms with Crippen molar-refractivity contribution in [3.63, 3.8) is 0 Å². The van der Waals surface area contributed by atoms with E-state index in [-0.39, 0.29) is 19.0 Å². The Morgan fingerprint density at radius 2 is 1.74 bits per heavy atom. The van der Waals surface area contributed by atoms with Crippen LogP contribution in [0, 0.1) is 5.82 Å². The van der Waals surface area contributed by atoms with Gasteiger partial charge in [0.05, 0.1) is 10.0 Å². The van der Waals surface area contributed by atoms with Gasteiger partial charge in [-0.15, -0.1) is 0 Å². The highest BCUT2D eigenvalue weighted by Gasteiger charge is 2.03. The summed E-state index contributed by atoms with van der Waals surface area (Å²) < 4.78 is 18.8. The fraction of sp³-hybridized carbons (Fsp3) is 0.143. The molecule has 0 bridgehead atoms. The van der Waals surface area contributed by atoms with Crippen molar-refractivity contribution in [2.24, 2.45) is 5.73 Å². The van der Waals surface area contributed by atoms with Crippen LogP contribution in [0.4, 0.5) is 4.39 Å². The van der Waals surface area contributed by atoms with Crippen LogP contribution in [0.15, 0.2) is 36.4 Å². The Hall–Kier alpha value is -1.29. The topological polar surface area (TPSA) is 35.2 Å². The quantitative estimate of drug-likeness (QED) is 0.919. The first-order valence-corrected chi connectivity index (χ1v) is 6.40. The molecule has 2 N–H and O–H groups in total. The molecule has 2 nitrogen and oxygen atoms in total. The minimum Gasteiger partial charge on any atom is -0.489 e. The van der Waals surface area contributed by atoms with Crippen molar-refractivity contribution in [3.8, 4) is 5.75 Å². The van der Waals surface area contributed by atoms with E-state index < -0.39 is 0 Å². The maximum atomic E-state index is 13.3. The molecule has 19 heavy (non-hydrogen) atoms. The second-order valence-corrected chi connectivity index (χ2v) is 4.85. The molecule has 0 aliphatic carbocycles. The predicted octanol–water partition coefficient (Wildman–Crippen LogP) is 4.17. The smallest absolute Gasteiger partial charge is 0.123 e. The van der Waals surface area contributed by atoms with Crippen LogP contribution in [0.3, 0.4) is 0 Å². The van der Waals surface area contributed by atoms with Gasteiger partial charge >= 0.3 is 0 Å². The molecule has 2 rings (SSSR count). The van der Waals surface area contributed by atoms with E-state index in [1.807, 2.05) is 0 Å². The summed E-state index contributed by atoms with van der Waals surface area (Å²) in [6.07, 6.45) is 0. The molecule has 0 unspecified atom stereocenters. The Labute approximate surface area is 120 Å². The number of benzene rings is 2. The van der Waals surface area contributed by atoms with Gasteiger partial charge < -0.3 is 10.5 Å². The fourth-order valence-electron chi connectivity index (χ4n) is 1.65. The summed E-state index contributed by atoms with van der Waals surface area (Å²) in [5.74, 6) is 0.253. The number of hydrogen-bond donors (Lipinski definition) is 1. The summed E-state index contributed by atoms with van der Waals surface area (Å²) >= 11 is 11.7. The summed E-state index contributed by atoms with van der Waals surface area (Å²) in [6.45, 7) is 0.528. The lowest BCUT2D eigenvalue weighted by Gasteiger charge is -2.08. The highest BCUT2D eigenvalue weighted by atomic mass is 35.5. The van der Waals surface area contributed by atoms with E-state index in [0.29, 0.717) is 21.4 Å². The van der Waals surface area contributed by atoms with Crippen LogP contribution in [0.25, 0.3) is 0 Å². The highest BCUT2D eigenvalue weighted by molar-refractivity contribution is 6.42. The monoisotopic (exact) mass is 299 g/mol. The Morgan fingerprint density at radius 1 is 1.00 bits per heavy atom. The Kier molecular flexibility index (Phi) is 4.64. The average Bonchev–Trinajstić information content (AvgIpc) is 2.39. The lowest BCUT2D eigenvalue weighted by Crippen LogP contribution is -2.01. The summed E-state index contributed by atoms with van der Waals surface area (Å²) in [6, 6.07) is 9.60. The Balaban J connectivity index is 2.09. The summed E-state index contributed by atoms with van der Waals surface area (Å²) in [4.78, 5) is 0. The molecule has 0 spiro atoms. The van der Waals surface area contributed by atoms with Crippen LogP contribution >= 0.6 is 23.2 Å². The Morgan fingerprint density at radius 3 is 2.42 bits per heavy atom. The maximum Gasteiger partial charge on any atom is 0.123 e. The minimum atomic E-state index is -0.323. The van der Waals surface area contributed by atoms with Crippen LogP contribution in [-0.4, -0.2) is 0 Å². The molecular formula is C14H12Cl2FNO. The van der Waals surface area contributed by atoms with Crippen LogP contribution in [-0.2, 0) is 13.2 Å². The zero-order chi connectivity index (χ0) is 13.8. The van der Waals surface area contributed by atoms with Crippen molar-refractivity contribution in [2.45, 2.75) is 13.2 Å². The van der Waals surface area contributed by atoms with E-state index in [9.17, 15) is 4.39 Å². The van der Waals surface area contributed by atoms with Gasteiger partial charge in [-0.2, -0.15) is 0 Å². The molecule has 0 atom stereocenters. The Bertz CT molecular complexity index is 590. The van der Waals surface area contributed by atoms with E-state index in [2.05, 4.69) is 0 Å². The third-order valence-electron chi connectivity index (χ3n) is 2.55. The summed E-state index contributed by atoms with van der Waals surface area (Å²) in [5.41, 5.74) is 6.94. The zero-order valence-electron chi connectivity index (χ0n) is 10.00. The molecule has 0 saturated carbocycles. The molecule has 0 radical (unpaired) electrons. The van der Waals surface area contributed by atoms with Crippen LogP contribution in [0.2, 0.25) is 10.0 Å². The van der Waals surface area contributed by atoms with Gasteiger partial charge in [-0.05, 0) is 35.4 Å². The fourth-order valence-corrected chi connectivity index (χ4v) is 1.94. The van der Waals surface area contributed by atoms with E-state index in [1.165, 1.54) is 12.1 Å². The third kappa shape index (κ3) is 3.83. The molecule has 2 aromatic carbocycles. The molecule has 0 heterocycles. The van der Waals surface area contributed by atoms with E-state index in [4.69, 9.17) is 33.7 Å². The van der Waals surface area contributed by atoms with Gasteiger partial charge in [-0.1, -0.05) is 29.3 Å². The first-order chi connectivity index (χ1) is 9.08. The largest absolute Gasteiger partial charge is 0.489 e. The number of halogens is 3. The number of nitrogens with two attached hydrogens (primary N) is 1. The van der Waals surface area contributed by atoms with Crippen molar-refractivity contribution in [1.29, 1.82) is 0 Å². The lowest BCUT2D eigenvalue weighted by atomic mass is 10.1. The SMILES string of the molecule is NCc1cc(F)cc(COc2ccc(Cl)c(Cl)c2)c1. The second-order valence-electron chi connectivity index (χ2n) is 4.04. The van der Waals surface area contributed by atoms with Crippen molar-refractivity contribution in [2.75, 3.05) is 0 Å². The number of ether oxygens (including phenoxy) is 1. The van der Waals surface area contributed by atoms with Gasteiger partial charge in [0, 0.05) is 12.6 Å². The number of hydrogen-bond acceptors (Lipinski definition) is 2. The van der Waals surface area contributed by atoms with Gasteiger partial charge in [0.15, 0.2) is 0 Å². The first-order valence-electron chi connectivity index (χ1n) is 5.65. The molecule has 0 amide bonds. The lowest BCUT2D eigenvalue weighted by molar-refractivity contribution is 0.305. The number of rotatable bonds is 4. The third-order valence-corrected chi connectivity index (χ3v) is 3.29. The predicted molar refractivity (Wildman–Crippen MR) is 75.1 cm³/mol. The van der Waals surface area contributed by atoms with Crippen molar-refractivity contribution < 1.29 is 9.13 Å². The maximum absolute atomic E-state index is 13.3. The van der Waals surface area contributed by atoms with E-state index >= 15 is 0 Å². The van der Waals surface area contributed by atoms with Crippen LogP contribution in [0.1, 0.15) is 11.1 Å². The van der Waals surface area contributed by atoms with Gasteiger partial charge in [-0.3, -0.25) is 0 Å². The summed E-state index contributed by atoms with van der Waals surface area (Å²) in [7, 11) is 0. The first kappa shape index (κ1) is 14.1. The summed E-state index contributed by atoms with van der Waals surface area (Å²) in [5, 5.41) is 0.881. The molecule has 0 aliphatic heterocycles. The molecular weight excluding hydrogens is 288 g/mol. The normalized spacial score (nSPS) is 10.5. The van der Waals surface area contributed by atoms with Crippen molar-refractivity contribution in [3.05, 3.63) is 63.4 Å². The standard InChI is InChI=1S/C14H12Cl2FNO/c15-13-2-1-12(6-14(13)16)19-8-10-3-9(7-18)4-11(17)5-10/h1-6H,7-8,18H2. The average molecular weight is 300 g/mol. The molecule has 0 fully saturated rings. The molecule has 0 saturated heterocycles. The van der Waals surface area contributed by atoms with Crippen molar-refractivity contribution in [1.82, 2.24) is 0 Å². The minimum absolute atomic E-state index is 0.239. The van der Waals surface area contributed by atoms with Gasteiger partial charge in [0.25, 0.3) is 0 Å². The zero-order valence-corrected chi connectivity index (χ0v) is 11.5. The van der Waals surface area contributed by atoms with Crippen LogP contribution < -0.4 is 10.5 Å². The van der Waals surface area contributed by atoms with E-state index in [0.717, 1.165) is 5.56 Å². The highest BCUT2D eigenvalue weighted by Crippen LogP contribution is 2.26. The molecule has 2 aromatic rings. The van der Waals surface area contributed by atoms with Gasteiger partial charge in [0.1, 0.15) is 18.2 Å². The molecule has 5 heteroatoms. The van der Waals surface area contributed by atoms with Gasteiger partial charge in [-0.25, -0.2) is 4.39 Å². The van der Waals surface area contributed by atoms with Crippen molar-refractivity contribution >= 4 is 23.2 Å². The van der Waals surface area contributed by atoms with Crippen LogP contribution in [0.5, 0.6) is 5.75 Å². The molecule has 0 aromatic heterocycles. The van der Waals surface area contributed by atoms with Gasteiger partial charge in [0.2, 0.25) is 0 Å². The second kappa shape index (κ2) is 6.24.